The van der Waals surface area contributed by atoms with E-state index in [1.54, 1.807) is 0 Å². The lowest BCUT2D eigenvalue weighted by Crippen LogP contribution is -2.09. The molecular weight excluding hydrogens is 256 g/mol. The van der Waals surface area contributed by atoms with Crippen molar-refractivity contribution in [3.8, 4) is 5.75 Å². The average Bonchev–Trinajstić information content (AvgIpc) is 2.48. The minimum atomic E-state index is 0.0422. The van der Waals surface area contributed by atoms with E-state index in [9.17, 15) is 0 Å². The van der Waals surface area contributed by atoms with Crippen molar-refractivity contribution in [1.29, 1.82) is 0 Å². The van der Waals surface area contributed by atoms with Crippen LogP contribution >= 0.6 is 11.6 Å². The Hall–Kier alpha value is -1.47. The maximum atomic E-state index is 6.48. The number of rotatable bonds is 6. The van der Waals surface area contributed by atoms with Gasteiger partial charge in [0.1, 0.15) is 5.75 Å². The van der Waals surface area contributed by atoms with Crippen molar-refractivity contribution < 1.29 is 4.74 Å². The molecule has 2 aromatic carbocycles. The van der Waals surface area contributed by atoms with E-state index in [2.05, 4.69) is 19.1 Å². The van der Waals surface area contributed by atoms with Crippen molar-refractivity contribution >= 4 is 11.6 Å². The van der Waals surface area contributed by atoms with Crippen LogP contribution in [0.3, 0.4) is 0 Å². The van der Waals surface area contributed by atoms with Crippen LogP contribution in [0.15, 0.2) is 60.7 Å². The van der Waals surface area contributed by atoms with Gasteiger partial charge < -0.3 is 4.74 Å². The first kappa shape index (κ1) is 14.0. The van der Waals surface area contributed by atoms with Crippen LogP contribution in [0.25, 0.3) is 0 Å². The van der Waals surface area contributed by atoms with Gasteiger partial charge in [-0.15, -0.1) is 11.6 Å². The van der Waals surface area contributed by atoms with Crippen molar-refractivity contribution in [2.24, 2.45) is 5.92 Å². The third-order valence-electron chi connectivity index (χ3n) is 3.20. The van der Waals surface area contributed by atoms with Crippen LogP contribution in [0.5, 0.6) is 5.75 Å². The summed E-state index contributed by atoms with van der Waals surface area (Å²) < 4.78 is 5.70. The standard InChI is InChI=1S/C17H19ClO/c1-14(17(18)15-8-4-2-5-9-15)12-13-19-16-10-6-3-7-11-16/h2-11,14,17H,12-13H2,1H3. The Balaban J connectivity index is 1.80. The predicted octanol–water partition coefficient (Wildman–Crippen LogP) is 5.07. The smallest absolute Gasteiger partial charge is 0.119 e. The van der Waals surface area contributed by atoms with E-state index in [4.69, 9.17) is 16.3 Å². The number of benzene rings is 2. The summed E-state index contributed by atoms with van der Waals surface area (Å²) in [6, 6.07) is 20.1. The SMILES string of the molecule is CC(CCOc1ccccc1)C(Cl)c1ccccc1. The number of hydrogen-bond donors (Lipinski definition) is 0. The lowest BCUT2D eigenvalue weighted by molar-refractivity contribution is 0.281. The zero-order chi connectivity index (χ0) is 13.5. The average molecular weight is 275 g/mol. The van der Waals surface area contributed by atoms with Crippen molar-refractivity contribution in [2.75, 3.05) is 6.61 Å². The molecule has 2 rings (SSSR count). The highest BCUT2D eigenvalue weighted by Crippen LogP contribution is 2.30. The van der Waals surface area contributed by atoms with E-state index in [-0.39, 0.29) is 5.38 Å². The molecular formula is C17H19ClO. The third-order valence-corrected chi connectivity index (χ3v) is 3.88. The molecule has 0 saturated carbocycles. The highest BCUT2D eigenvalue weighted by molar-refractivity contribution is 6.20. The van der Waals surface area contributed by atoms with Crippen LogP contribution in [0.1, 0.15) is 24.3 Å². The fraction of sp³-hybridized carbons (Fsp3) is 0.294. The molecule has 1 nitrogen and oxygen atoms in total. The Morgan fingerprint density at radius 3 is 2.16 bits per heavy atom. The lowest BCUT2D eigenvalue weighted by atomic mass is 9.98. The molecule has 0 aliphatic carbocycles. The van der Waals surface area contributed by atoms with E-state index >= 15 is 0 Å². The number of hydrogen-bond acceptors (Lipinski definition) is 1. The first-order valence-corrected chi connectivity index (χ1v) is 7.08. The van der Waals surface area contributed by atoms with Gasteiger partial charge in [-0.25, -0.2) is 0 Å². The van der Waals surface area contributed by atoms with Gasteiger partial charge in [-0.1, -0.05) is 55.5 Å². The minimum absolute atomic E-state index is 0.0422. The van der Waals surface area contributed by atoms with Gasteiger partial charge in [0, 0.05) is 0 Å². The lowest BCUT2D eigenvalue weighted by Gasteiger charge is -2.18. The molecule has 0 aliphatic rings. The van der Waals surface area contributed by atoms with Gasteiger partial charge in [0.15, 0.2) is 0 Å². The Morgan fingerprint density at radius 2 is 1.53 bits per heavy atom. The Morgan fingerprint density at radius 1 is 0.947 bits per heavy atom. The number of halogens is 1. The predicted molar refractivity (Wildman–Crippen MR) is 80.8 cm³/mol. The molecule has 0 aliphatic heterocycles. The summed E-state index contributed by atoms with van der Waals surface area (Å²) in [7, 11) is 0. The Labute approximate surface area is 120 Å². The topological polar surface area (TPSA) is 9.23 Å². The second-order valence-corrected chi connectivity index (χ2v) is 5.21. The van der Waals surface area contributed by atoms with Crippen molar-refractivity contribution in [2.45, 2.75) is 18.7 Å². The molecule has 2 aromatic rings. The first-order chi connectivity index (χ1) is 9.27. The molecule has 100 valence electrons. The monoisotopic (exact) mass is 274 g/mol. The summed E-state index contributed by atoms with van der Waals surface area (Å²) >= 11 is 6.48. The quantitative estimate of drug-likeness (QED) is 0.668. The Bertz CT molecular complexity index is 469. The Kier molecular flexibility index (Phi) is 5.29. The molecule has 0 spiro atoms. The van der Waals surface area contributed by atoms with E-state index in [0.717, 1.165) is 12.2 Å². The molecule has 2 atom stereocenters. The molecule has 0 saturated heterocycles. The van der Waals surface area contributed by atoms with Gasteiger partial charge in [0.25, 0.3) is 0 Å². The molecule has 2 heteroatoms. The van der Waals surface area contributed by atoms with Gasteiger partial charge in [0.05, 0.1) is 12.0 Å². The summed E-state index contributed by atoms with van der Waals surface area (Å²) in [4.78, 5) is 0. The zero-order valence-corrected chi connectivity index (χ0v) is 11.9. The van der Waals surface area contributed by atoms with E-state index in [0.29, 0.717) is 12.5 Å². The van der Waals surface area contributed by atoms with Gasteiger partial charge >= 0.3 is 0 Å². The second-order valence-electron chi connectivity index (χ2n) is 4.74. The molecule has 0 N–H and O–H groups in total. The van der Waals surface area contributed by atoms with Crippen LogP contribution in [0.2, 0.25) is 0 Å². The highest BCUT2D eigenvalue weighted by atomic mass is 35.5. The molecule has 0 aromatic heterocycles. The largest absolute Gasteiger partial charge is 0.494 e. The molecule has 2 unspecified atom stereocenters. The highest BCUT2D eigenvalue weighted by Gasteiger charge is 2.16. The maximum absolute atomic E-state index is 6.48. The van der Waals surface area contributed by atoms with Crippen LogP contribution < -0.4 is 4.74 Å². The number of alkyl halides is 1. The van der Waals surface area contributed by atoms with Crippen molar-refractivity contribution in [3.05, 3.63) is 66.2 Å². The first-order valence-electron chi connectivity index (χ1n) is 6.64. The van der Waals surface area contributed by atoms with Gasteiger partial charge in [0.2, 0.25) is 0 Å². The summed E-state index contributed by atoms with van der Waals surface area (Å²) in [6.07, 6.45) is 0.942. The number of ether oxygens (including phenoxy) is 1. The maximum Gasteiger partial charge on any atom is 0.119 e. The van der Waals surface area contributed by atoms with E-state index < -0.39 is 0 Å². The fourth-order valence-corrected chi connectivity index (χ4v) is 2.26. The third kappa shape index (κ3) is 4.29. The normalized spacial score (nSPS) is 13.8. The molecule has 0 fully saturated rings. The fourth-order valence-electron chi connectivity index (χ4n) is 1.99. The van der Waals surface area contributed by atoms with Gasteiger partial charge in [-0.05, 0) is 30.0 Å². The van der Waals surface area contributed by atoms with Crippen LogP contribution in [0.4, 0.5) is 0 Å². The van der Waals surface area contributed by atoms with Crippen molar-refractivity contribution in [1.82, 2.24) is 0 Å². The number of para-hydroxylation sites is 1. The molecule has 0 heterocycles. The summed E-state index contributed by atoms with van der Waals surface area (Å²) in [5, 5.41) is 0.0422. The summed E-state index contributed by atoms with van der Waals surface area (Å²) in [5.41, 5.74) is 1.18. The molecule has 0 bridgehead atoms. The van der Waals surface area contributed by atoms with E-state index in [1.807, 2.05) is 48.5 Å². The van der Waals surface area contributed by atoms with E-state index in [1.165, 1.54) is 5.56 Å². The summed E-state index contributed by atoms with van der Waals surface area (Å²) in [6.45, 7) is 2.86. The molecule has 0 amide bonds. The van der Waals surface area contributed by atoms with Crippen LogP contribution in [-0.2, 0) is 0 Å². The second kappa shape index (κ2) is 7.20. The van der Waals surface area contributed by atoms with Gasteiger partial charge in [-0.2, -0.15) is 0 Å². The van der Waals surface area contributed by atoms with Gasteiger partial charge in [-0.3, -0.25) is 0 Å². The molecule has 19 heavy (non-hydrogen) atoms. The van der Waals surface area contributed by atoms with Crippen LogP contribution in [0, 0.1) is 5.92 Å². The summed E-state index contributed by atoms with van der Waals surface area (Å²) in [5.74, 6) is 1.30. The zero-order valence-electron chi connectivity index (χ0n) is 11.1. The molecule has 0 radical (unpaired) electrons. The minimum Gasteiger partial charge on any atom is -0.494 e. The van der Waals surface area contributed by atoms with Crippen LogP contribution in [-0.4, -0.2) is 6.61 Å². The van der Waals surface area contributed by atoms with Crippen molar-refractivity contribution in [3.63, 3.8) is 0 Å².